The number of aliphatic hydroxyl groups excluding tert-OH is 1. The average molecular weight is 475 g/mol. The number of aromatic nitrogens is 1. The number of nitrogens with zero attached hydrogens (tertiary/aromatic N) is 2. The van der Waals surface area contributed by atoms with Crippen molar-refractivity contribution in [3.8, 4) is 5.75 Å². The standard InChI is InChI=1S/C26H38N2O4S/c1-3-4-14-33-15-13-28-12-10-19(20(18-28)16-26(30)31)5-8-25(29)22-9-11-27-24-7-6-21(32-2)17-23(22)24/h6-7,9,11,17,19-20,25,29H,3-5,8,10,12-16,18H2,1-2H3,(H,30,31)/t19-,20+,25-/m1/s1. The topological polar surface area (TPSA) is 82.9 Å². The number of hydrogen-bond acceptors (Lipinski definition) is 6. The van der Waals surface area contributed by atoms with Crippen molar-refractivity contribution < 1.29 is 19.7 Å². The van der Waals surface area contributed by atoms with E-state index in [9.17, 15) is 15.0 Å². The lowest BCUT2D eigenvalue weighted by Crippen LogP contribution is -2.42. The van der Waals surface area contributed by atoms with Gasteiger partial charge in [-0.15, -0.1) is 0 Å². The van der Waals surface area contributed by atoms with Crippen LogP contribution in [-0.2, 0) is 4.79 Å². The van der Waals surface area contributed by atoms with Crippen molar-refractivity contribution in [3.63, 3.8) is 0 Å². The third-order valence-electron chi connectivity index (χ3n) is 6.76. The number of fused-ring (bicyclic) bond motifs is 1. The maximum atomic E-state index is 11.5. The number of aliphatic hydroxyl groups is 1. The van der Waals surface area contributed by atoms with Crippen LogP contribution in [0.25, 0.3) is 10.9 Å². The van der Waals surface area contributed by atoms with Crippen LogP contribution in [0.5, 0.6) is 5.75 Å². The van der Waals surface area contributed by atoms with Gasteiger partial charge in [0.15, 0.2) is 0 Å². The molecule has 3 atom stereocenters. The van der Waals surface area contributed by atoms with Crippen LogP contribution in [0, 0.1) is 11.8 Å². The second-order valence-corrected chi connectivity index (χ2v) is 10.3. The number of rotatable bonds is 13. The van der Waals surface area contributed by atoms with Crippen LogP contribution >= 0.6 is 11.8 Å². The highest BCUT2D eigenvalue weighted by Gasteiger charge is 2.31. The molecule has 0 radical (unpaired) electrons. The normalized spacial score (nSPS) is 20.1. The molecular weight excluding hydrogens is 436 g/mol. The molecule has 1 aromatic heterocycles. The van der Waals surface area contributed by atoms with Crippen LogP contribution in [0.15, 0.2) is 30.5 Å². The number of aliphatic carboxylic acids is 1. The van der Waals surface area contributed by atoms with Gasteiger partial charge >= 0.3 is 5.97 Å². The minimum Gasteiger partial charge on any atom is -0.497 e. The Kier molecular flexibility index (Phi) is 10.3. The number of ether oxygens (including phenoxy) is 1. The SMILES string of the molecule is CCCCSCCN1CC[C@@H](CC[C@@H](O)c2ccnc3ccc(OC)cc23)[C@@H](CC(=O)O)C1. The number of methoxy groups -OCH3 is 1. The molecule has 3 rings (SSSR count). The molecule has 0 unspecified atom stereocenters. The van der Waals surface area contributed by atoms with Crippen LogP contribution in [0.4, 0.5) is 0 Å². The van der Waals surface area contributed by atoms with Gasteiger partial charge in [-0.3, -0.25) is 9.78 Å². The van der Waals surface area contributed by atoms with Gasteiger partial charge in [0.1, 0.15) is 5.75 Å². The van der Waals surface area contributed by atoms with Crippen molar-refractivity contribution in [2.75, 3.05) is 38.2 Å². The van der Waals surface area contributed by atoms with Crippen molar-refractivity contribution in [1.82, 2.24) is 9.88 Å². The lowest BCUT2D eigenvalue weighted by Gasteiger charge is -2.38. The van der Waals surface area contributed by atoms with Gasteiger partial charge in [0.25, 0.3) is 0 Å². The molecule has 0 spiro atoms. The van der Waals surface area contributed by atoms with E-state index in [1.54, 1.807) is 13.3 Å². The summed E-state index contributed by atoms with van der Waals surface area (Å²) in [6.45, 7) is 5.11. The molecule has 1 aliphatic heterocycles. The van der Waals surface area contributed by atoms with E-state index in [2.05, 4.69) is 16.8 Å². The third kappa shape index (κ3) is 7.59. The number of hydrogen-bond donors (Lipinski definition) is 2. The summed E-state index contributed by atoms with van der Waals surface area (Å²) >= 11 is 2.00. The van der Waals surface area contributed by atoms with Crippen LogP contribution in [-0.4, -0.2) is 64.3 Å². The molecule has 1 aliphatic rings. The molecule has 0 bridgehead atoms. The summed E-state index contributed by atoms with van der Waals surface area (Å²) in [7, 11) is 1.63. The second kappa shape index (κ2) is 13.2. The Balaban J connectivity index is 1.59. The van der Waals surface area contributed by atoms with Gasteiger partial charge in [0.2, 0.25) is 0 Å². The van der Waals surface area contributed by atoms with E-state index in [1.165, 1.54) is 18.6 Å². The number of carbonyl (C=O) groups is 1. The molecule has 1 aromatic carbocycles. The number of pyridine rings is 1. The van der Waals surface area contributed by atoms with Crippen molar-refractivity contribution in [3.05, 3.63) is 36.0 Å². The van der Waals surface area contributed by atoms with Gasteiger partial charge in [-0.1, -0.05) is 13.3 Å². The molecule has 33 heavy (non-hydrogen) atoms. The van der Waals surface area contributed by atoms with Gasteiger partial charge in [-0.2, -0.15) is 11.8 Å². The summed E-state index contributed by atoms with van der Waals surface area (Å²) in [6.07, 6.45) is 6.25. The van der Waals surface area contributed by atoms with Crippen LogP contribution < -0.4 is 4.74 Å². The fourth-order valence-corrected chi connectivity index (χ4v) is 5.91. The maximum absolute atomic E-state index is 11.5. The number of carboxylic acid groups (broad SMARTS) is 1. The minimum absolute atomic E-state index is 0.137. The minimum atomic E-state index is -0.725. The lowest BCUT2D eigenvalue weighted by atomic mass is 9.79. The molecule has 2 N–H and O–H groups in total. The predicted molar refractivity (Wildman–Crippen MR) is 135 cm³/mol. The fraction of sp³-hybridized carbons (Fsp3) is 0.615. The number of thioether (sulfide) groups is 1. The molecule has 1 fully saturated rings. The van der Waals surface area contributed by atoms with E-state index in [4.69, 9.17) is 4.74 Å². The Morgan fingerprint density at radius 1 is 1.30 bits per heavy atom. The Labute approximate surface area is 201 Å². The quantitative estimate of drug-likeness (QED) is 0.395. The highest BCUT2D eigenvalue weighted by Crippen LogP contribution is 2.34. The molecule has 0 aliphatic carbocycles. The molecule has 182 valence electrons. The average Bonchev–Trinajstić information content (AvgIpc) is 2.82. The summed E-state index contributed by atoms with van der Waals surface area (Å²) in [5.41, 5.74) is 1.69. The monoisotopic (exact) mass is 474 g/mol. The van der Waals surface area contributed by atoms with Gasteiger partial charge in [0, 0.05) is 36.8 Å². The lowest BCUT2D eigenvalue weighted by molar-refractivity contribution is -0.139. The van der Waals surface area contributed by atoms with Gasteiger partial charge in [-0.05, 0) is 79.6 Å². The zero-order valence-corrected chi connectivity index (χ0v) is 20.7. The number of piperidine rings is 1. The molecule has 7 heteroatoms. The fourth-order valence-electron chi connectivity index (χ4n) is 4.83. The predicted octanol–water partition coefficient (Wildman–Crippen LogP) is 5.00. The van der Waals surface area contributed by atoms with Crippen LogP contribution in [0.2, 0.25) is 0 Å². The Morgan fingerprint density at radius 2 is 2.15 bits per heavy atom. The Bertz CT molecular complexity index is 894. The Morgan fingerprint density at radius 3 is 2.91 bits per heavy atom. The largest absolute Gasteiger partial charge is 0.497 e. The van der Waals surface area contributed by atoms with Gasteiger partial charge in [0.05, 0.1) is 18.7 Å². The summed E-state index contributed by atoms with van der Waals surface area (Å²) in [6, 6.07) is 7.58. The first-order valence-electron chi connectivity index (χ1n) is 12.1. The van der Waals surface area contributed by atoms with Gasteiger partial charge < -0.3 is 19.8 Å². The number of benzene rings is 1. The smallest absolute Gasteiger partial charge is 0.303 e. The summed E-state index contributed by atoms with van der Waals surface area (Å²) in [5.74, 6) is 2.80. The molecular formula is C26H38N2O4S. The van der Waals surface area contributed by atoms with E-state index in [0.717, 1.165) is 60.4 Å². The zero-order chi connectivity index (χ0) is 23.6. The first-order chi connectivity index (χ1) is 16.0. The van der Waals surface area contributed by atoms with Crippen molar-refractivity contribution in [2.24, 2.45) is 11.8 Å². The zero-order valence-electron chi connectivity index (χ0n) is 19.9. The maximum Gasteiger partial charge on any atom is 0.303 e. The van der Waals surface area contributed by atoms with Crippen molar-refractivity contribution >= 4 is 28.6 Å². The van der Waals surface area contributed by atoms with E-state index >= 15 is 0 Å². The molecule has 0 amide bonds. The van der Waals surface area contributed by atoms with Crippen LogP contribution in [0.1, 0.15) is 57.1 Å². The molecule has 2 aromatic rings. The first-order valence-corrected chi connectivity index (χ1v) is 13.3. The first kappa shape index (κ1) is 25.8. The molecule has 2 heterocycles. The molecule has 1 saturated heterocycles. The summed E-state index contributed by atoms with van der Waals surface area (Å²) in [4.78, 5) is 18.4. The van der Waals surface area contributed by atoms with Gasteiger partial charge in [-0.25, -0.2) is 0 Å². The van der Waals surface area contributed by atoms with Crippen molar-refractivity contribution in [2.45, 2.75) is 51.6 Å². The van der Waals surface area contributed by atoms with Crippen LogP contribution in [0.3, 0.4) is 0 Å². The summed E-state index contributed by atoms with van der Waals surface area (Å²) < 4.78 is 5.35. The third-order valence-corrected chi connectivity index (χ3v) is 7.81. The molecule has 0 saturated carbocycles. The second-order valence-electron chi connectivity index (χ2n) is 9.05. The number of carboxylic acids is 1. The number of likely N-dealkylation sites (tertiary alicyclic amines) is 1. The Hall–Kier alpha value is -1.83. The van der Waals surface area contributed by atoms with Crippen molar-refractivity contribution in [1.29, 1.82) is 0 Å². The number of unbranched alkanes of at least 4 members (excludes halogenated alkanes) is 1. The molecule has 6 nitrogen and oxygen atoms in total. The van der Waals surface area contributed by atoms with E-state index < -0.39 is 12.1 Å². The highest BCUT2D eigenvalue weighted by molar-refractivity contribution is 7.99. The highest BCUT2D eigenvalue weighted by atomic mass is 32.2. The van der Waals surface area contributed by atoms with E-state index in [0.29, 0.717) is 12.3 Å². The van der Waals surface area contributed by atoms with E-state index in [-0.39, 0.29) is 12.3 Å². The van der Waals surface area contributed by atoms with E-state index in [1.807, 2.05) is 36.0 Å². The summed E-state index contributed by atoms with van der Waals surface area (Å²) in [5, 5.41) is 21.4.